The average molecular weight is 460 g/mol. The fourth-order valence-electron chi connectivity index (χ4n) is 3.21. The first-order valence-corrected chi connectivity index (χ1v) is 10.5. The van der Waals surface area contributed by atoms with Crippen LogP contribution in [0.15, 0.2) is 46.0 Å². The minimum atomic E-state index is -0.396. The molecular weight excluding hydrogens is 432 g/mol. The summed E-state index contributed by atoms with van der Waals surface area (Å²) in [5, 5.41) is 20.4. The monoisotopic (exact) mass is 460 g/mol. The fraction of sp³-hybridized carbons (Fsp3) is 0.476. The minimum absolute atomic E-state index is 0.0746. The number of nitrogens with zero attached hydrogens (tertiary/aromatic N) is 6. The summed E-state index contributed by atoms with van der Waals surface area (Å²) in [4.78, 5) is 40.4. The molecule has 0 spiro atoms. The lowest BCUT2D eigenvalue weighted by Gasteiger charge is -2.26. The van der Waals surface area contributed by atoms with Crippen LogP contribution in [0.4, 0.5) is 0 Å². The Kier molecular flexibility index (Phi) is 8.33. The second kappa shape index (κ2) is 11.4. The van der Waals surface area contributed by atoms with E-state index in [2.05, 4.69) is 10.2 Å². The zero-order valence-corrected chi connectivity index (χ0v) is 18.7. The maximum absolute atomic E-state index is 12.8. The van der Waals surface area contributed by atoms with Crippen molar-refractivity contribution in [3.8, 4) is 0 Å². The van der Waals surface area contributed by atoms with Crippen LogP contribution in [0.25, 0.3) is 0 Å². The van der Waals surface area contributed by atoms with Crippen LogP contribution in [-0.2, 0) is 23.9 Å². The molecule has 0 bridgehead atoms. The number of aliphatic hydroxyl groups excluding tert-OH is 1. The second-order valence-corrected chi connectivity index (χ2v) is 7.38. The van der Waals surface area contributed by atoms with Crippen molar-refractivity contribution in [3.05, 3.63) is 35.8 Å². The van der Waals surface area contributed by atoms with Gasteiger partial charge in [0.1, 0.15) is 6.21 Å². The molecule has 0 aromatic carbocycles. The molecule has 2 fully saturated rings. The van der Waals surface area contributed by atoms with Crippen LogP contribution in [0.2, 0.25) is 0 Å². The molecular formula is C21H28N6O6. The maximum atomic E-state index is 12.8. The van der Waals surface area contributed by atoms with Crippen LogP contribution in [-0.4, -0.2) is 121 Å². The Hall–Kier alpha value is -3.51. The van der Waals surface area contributed by atoms with Gasteiger partial charge in [-0.3, -0.25) is 14.4 Å². The number of ether oxygens (including phenoxy) is 2. The summed E-state index contributed by atoms with van der Waals surface area (Å²) in [7, 11) is 2.97. The van der Waals surface area contributed by atoms with E-state index in [9.17, 15) is 19.5 Å². The molecule has 3 aliphatic heterocycles. The van der Waals surface area contributed by atoms with Crippen LogP contribution < -0.4 is 0 Å². The lowest BCUT2D eigenvalue weighted by atomic mass is 10.1. The third-order valence-electron chi connectivity index (χ3n) is 5.15. The molecule has 0 aromatic heterocycles. The summed E-state index contributed by atoms with van der Waals surface area (Å²) < 4.78 is 10.5. The first kappa shape index (κ1) is 24.1. The van der Waals surface area contributed by atoms with Crippen molar-refractivity contribution in [1.29, 1.82) is 0 Å². The predicted octanol–water partition coefficient (Wildman–Crippen LogP) is -0.668. The van der Waals surface area contributed by atoms with Gasteiger partial charge in [0, 0.05) is 40.3 Å². The highest BCUT2D eigenvalue weighted by Crippen LogP contribution is 2.16. The van der Waals surface area contributed by atoms with Gasteiger partial charge in [0.15, 0.2) is 5.71 Å². The average Bonchev–Trinajstić information content (AvgIpc) is 3.13. The van der Waals surface area contributed by atoms with E-state index in [4.69, 9.17) is 9.47 Å². The lowest BCUT2D eigenvalue weighted by Crippen LogP contribution is -2.44. The molecule has 3 amide bonds. The Labute approximate surface area is 191 Å². The molecule has 33 heavy (non-hydrogen) atoms. The Bertz CT molecular complexity index is 912. The minimum Gasteiger partial charge on any atom is -0.493 e. The molecule has 0 saturated carbocycles. The predicted molar refractivity (Wildman–Crippen MR) is 119 cm³/mol. The van der Waals surface area contributed by atoms with Crippen molar-refractivity contribution in [2.75, 3.05) is 66.7 Å². The molecule has 1 N–H and O–H groups in total. The number of hydrazone groups is 2. The molecule has 178 valence electrons. The van der Waals surface area contributed by atoms with E-state index in [1.54, 1.807) is 9.80 Å². The van der Waals surface area contributed by atoms with Crippen LogP contribution in [0.3, 0.4) is 0 Å². The van der Waals surface area contributed by atoms with Crippen LogP contribution >= 0.6 is 0 Å². The maximum Gasteiger partial charge on any atom is 0.276 e. The van der Waals surface area contributed by atoms with Gasteiger partial charge < -0.3 is 24.4 Å². The van der Waals surface area contributed by atoms with Gasteiger partial charge in [0.05, 0.1) is 32.0 Å². The van der Waals surface area contributed by atoms with E-state index in [-0.39, 0.29) is 29.0 Å². The highest BCUT2D eigenvalue weighted by molar-refractivity contribution is 6.52. The van der Waals surface area contributed by atoms with E-state index >= 15 is 0 Å². The van der Waals surface area contributed by atoms with Crippen molar-refractivity contribution in [3.63, 3.8) is 0 Å². The number of hydrogen-bond acceptors (Lipinski definition) is 9. The number of amides is 3. The number of allylic oxidation sites excluding steroid dienone is 4. The third-order valence-corrected chi connectivity index (χ3v) is 5.15. The largest absolute Gasteiger partial charge is 0.493 e. The van der Waals surface area contributed by atoms with E-state index in [0.29, 0.717) is 52.6 Å². The molecule has 0 radical (unpaired) electrons. The van der Waals surface area contributed by atoms with Gasteiger partial charge in [-0.1, -0.05) is 12.2 Å². The Balaban J connectivity index is 1.61. The zero-order valence-electron chi connectivity index (χ0n) is 18.7. The molecule has 0 unspecified atom stereocenters. The molecule has 3 rings (SSSR count). The van der Waals surface area contributed by atoms with Gasteiger partial charge in [-0.25, -0.2) is 10.0 Å². The van der Waals surface area contributed by atoms with Gasteiger partial charge >= 0.3 is 0 Å². The first-order valence-electron chi connectivity index (χ1n) is 10.5. The van der Waals surface area contributed by atoms with Crippen molar-refractivity contribution < 1.29 is 29.0 Å². The standard InChI is InChI=1S/C21H28N6O6/c1-24(22-15-18(29)26-7-11-32-12-8-26)17(28)6-4-3-5-16-19(23-25(2)20(16)30)21(31)27-9-13-33-14-10-27/h3-6,15,28H,7-14H2,1-2H3/b4-3+,16-5-,17-6-,22-15+. The Morgan fingerprint density at radius 2 is 1.67 bits per heavy atom. The molecule has 0 aromatic rings. The quantitative estimate of drug-likeness (QED) is 0.183. The number of rotatable bonds is 6. The highest BCUT2D eigenvalue weighted by atomic mass is 16.5. The summed E-state index contributed by atoms with van der Waals surface area (Å²) in [5.41, 5.74) is 0.242. The van der Waals surface area contributed by atoms with E-state index in [1.807, 2.05) is 0 Å². The highest BCUT2D eigenvalue weighted by Gasteiger charge is 2.34. The summed E-state index contributed by atoms with van der Waals surface area (Å²) in [5.74, 6) is -1.21. The molecule has 3 heterocycles. The van der Waals surface area contributed by atoms with Crippen LogP contribution in [0.5, 0.6) is 0 Å². The van der Waals surface area contributed by atoms with Gasteiger partial charge in [-0.15, -0.1) is 0 Å². The number of carbonyl (C=O) groups excluding carboxylic acids is 3. The number of carbonyl (C=O) groups is 3. The summed E-state index contributed by atoms with van der Waals surface area (Å²) >= 11 is 0. The number of morpholine rings is 2. The fourth-order valence-corrected chi connectivity index (χ4v) is 3.21. The molecule has 0 aliphatic carbocycles. The molecule has 12 heteroatoms. The van der Waals surface area contributed by atoms with Gasteiger partial charge in [0.2, 0.25) is 5.88 Å². The van der Waals surface area contributed by atoms with Crippen molar-refractivity contribution in [1.82, 2.24) is 19.8 Å². The zero-order chi connectivity index (χ0) is 23.8. The second-order valence-electron chi connectivity index (χ2n) is 7.38. The summed E-state index contributed by atoms with van der Waals surface area (Å²) in [6.07, 6.45) is 6.95. The van der Waals surface area contributed by atoms with Crippen molar-refractivity contribution in [2.24, 2.45) is 10.2 Å². The van der Waals surface area contributed by atoms with E-state index in [0.717, 1.165) is 16.2 Å². The van der Waals surface area contributed by atoms with Gasteiger partial charge in [0.25, 0.3) is 17.7 Å². The SMILES string of the molecule is CN1N=C(C(=O)N2CCOCC2)/C(=C/C=C/C=C(\O)N(C)/N=C/C(=O)N2CCOCC2)C1=O. The van der Waals surface area contributed by atoms with Gasteiger partial charge in [-0.05, 0) is 12.2 Å². The third kappa shape index (κ3) is 6.26. The topological polar surface area (TPSA) is 128 Å². The smallest absolute Gasteiger partial charge is 0.276 e. The number of likely N-dealkylation sites (N-methyl/N-ethyl adjacent to an activating group) is 1. The van der Waals surface area contributed by atoms with E-state index in [1.165, 1.54) is 38.4 Å². The molecule has 0 atom stereocenters. The Morgan fingerprint density at radius 1 is 1.06 bits per heavy atom. The number of aliphatic hydroxyl groups is 1. The lowest BCUT2D eigenvalue weighted by molar-refractivity contribution is -0.128. The summed E-state index contributed by atoms with van der Waals surface area (Å²) in [6, 6.07) is 0. The van der Waals surface area contributed by atoms with E-state index < -0.39 is 5.91 Å². The normalized spacial score (nSPS) is 21.5. The molecule has 3 aliphatic rings. The van der Waals surface area contributed by atoms with Crippen molar-refractivity contribution >= 4 is 29.6 Å². The Morgan fingerprint density at radius 3 is 2.30 bits per heavy atom. The van der Waals surface area contributed by atoms with Crippen LogP contribution in [0.1, 0.15) is 0 Å². The summed E-state index contributed by atoms with van der Waals surface area (Å²) in [6.45, 7) is 3.75. The van der Waals surface area contributed by atoms with Crippen LogP contribution in [0, 0.1) is 0 Å². The van der Waals surface area contributed by atoms with Crippen molar-refractivity contribution in [2.45, 2.75) is 0 Å². The molecule has 12 nitrogen and oxygen atoms in total. The number of hydrogen-bond donors (Lipinski definition) is 1. The van der Waals surface area contributed by atoms with Gasteiger partial charge in [-0.2, -0.15) is 10.2 Å². The first-order chi connectivity index (χ1) is 15.9. The molecule has 2 saturated heterocycles.